The summed E-state index contributed by atoms with van der Waals surface area (Å²) in [4.78, 5) is 15.9. The van der Waals surface area contributed by atoms with Crippen LogP contribution in [0.1, 0.15) is 41.6 Å². The van der Waals surface area contributed by atoms with Crippen molar-refractivity contribution >= 4 is 0 Å². The molecule has 0 saturated carbocycles. The Hall–Kier alpha value is -2.60. The second-order valence-corrected chi connectivity index (χ2v) is 6.51. The summed E-state index contributed by atoms with van der Waals surface area (Å²) in [7, 11) is 0. The molecule has 1 aliphatic heterocycles. The van der Waals surface area contributed by atoms with Crippen LogP contribution in [0.5, 0.6) is 0 Å². The number of nitrogens with zero attached hydrogens (tertiary/aromatic N) is 5. The lowest BCUT2D eigenvalue weighted by atomic mass is 10.1. The molecule has 6 nitrogen and oxygen atoms in total. The molecule has 1 aliphatic rings. The average molecular weight is 335 g/mol. The van der Waals surface area contributed by atoms with Crippen LogP contribution in [0.3, 0.4) is 0 Å². The molecule has 0 N–H and O–H groups in total. The van der Waals surface area contributed by atoms with Crippen molar-refractivity contribution in [2.45, 2.75) is 39.3 Å². The topological polar surface area (TPSA) is 67.9 Å². The third-order valence-corrected chi connectivity index (χ3v) is 4.78. The van der Waals surface area contributed by atoms with Gasteiger partial charge in [-0.15, -0.1) is 0 Å². The van der Waals surface area contributed by atoms with Crippen LogP contribution in [0.25, 0.3) is 11.3 Å². The SMILES string of the molecule is Cc1noc(C)c1-c1cncc([C@H]2CCCN2Cc2ccncc2)n1. The summed E-state index contributed by atoms with van der Waals surface area (Å²) in [5.41, 5.74) is 4.93. The van der Waals surface area contributed by atoms with Gasteiger partial charge in [-0.2, -0.15) is 0 Å². The van der Waals surface area contributed by atoms with Gasteiger partial charge in [0.15, 0.2) is 0 Å². The van der Waals surface area contributed by atoms with Gasteiger partial charge in [0.05, 0.1) is 41.1 Å². The number of rotatable bonds is 4. The van der Waals surface area contributed by atoms with E-state index in [0.717, 1.165) is 47.9 Å². The van der Waals surface area contributed by atoms with Crippen molar-refractivity contribution < 1.29 is 4.52 Å². The molecule has 0 aliphatic carbocycles. The fraction of sp³-hybridized carbons (Fsp3) is 0.368. The minimum Gasteiger partial charge on any atom is -0.361 e. The monoisotopic (exact) mass is 335 g/mol. The Bertz CT molecular complexity index is 842. The van der Waals surface area contributed by atoms with E-state index in [1.165, 1.54) is 12.0 Å². The molecule has 0 amide bonds. The molecule has 0 unspecified atom stereocenters. The standard InChI is InChI=1S/C19H21N5O/c1-13-19(14(2)25-23-13)17-11-21-10-16(22-17)18-4-3-9-24(18)12-15-5-7-20-8-6-15/h5-8,10-11,18H,3-4,9,12H2,1-2H3/t18-/m1/s1. The van der Waals surface area contributed by atoms with Gasteiger partial charge in [-0.05, 0) is 50.9 Å². The summed E-state index contributed by atoms with van der Waals surface area (Å²) >= 11 is 0. The number of pyridine rings is 1. The Morgan fingerprint density at radius 1 is 1.16 bits per heavy atom. The Labute approximate surface area is 146 Å². The van der Waals surface area contributed by atoms with Gasteiger partial charge in [-0.25, -0.2) is 4.98 Å². The number of aryl methyl sites for hydroxylation is 2. The van der Waals surface area contributed by atoms with E-state index < -0.39 is 0 Å². The van der Waals surface area contributed by atoms with Crippen LogP contribution >= 0.6 is 0 Å². The number of hydrogen-bond donors (Lipinski definition) is 0. The fourth-order valence-electron chi connectivity index (χ4n) is 3.58. The highest BCUT2D eigenvalue weighted by atomic mass is 16.5. The predicted octanol–water partition coefficient (Wildman–Crippen LogP) is 3.48. The van der Waals surface area contributed by atoms with Crippen molar-refractivity contribution in [3.63, 3.8) is 0 Å². The van der Waals surface area contributed by atoms with Gasteiger partial charge < -0.3 is 4.52 Å². The van der Waals surface area contributed by atoms with Crippen LogP contribution in [0.4, 0.5) is 0 Å². The van der Waals surface area contributed by atoms with Crippen molar-refractivity contribution in [3.8, 4) is 11.3 Å². The third-order valence-electron chi connectivity index (χ3n) is 4.78. The highest BCUT2D eigenvalue weighted by Gasteiger charge is 2.28. The van der Waals surface area contributed by atoms with Crippen molar-refractivity contribution in [3.05, 3.63) is 59.6 Å². The molecular formula is C19H21N5O. The van der Waals surface area contributed by atoms with Gasteiger partial charge in [-0.1, -0.05) is 5.16 Å². The molecule has 0 aromatic carbocycles. The first-order valence-electron chi connectivity index (χ1n) is 8.60. The van der Waals surface area contributed by atoms with E-state index in [2.05, 4.69) is 32.2 Å². The zero-order valence-corrected chi connectivity index (χ0v) is 14.5. The Kier molecular flexibility index (Phi) is 4.28. The van der Waals surface area contributed by atoms with Crippen LogP contribution in [0.2, 0.25) is 0 Å². The van der Waals surface area contributed by atoms with Crippen molar-refractivity contribution in [2.75, 3.05) is 6.54 Å². The van der Waals surface area contributed by atoms with Crippen molar-refractivity contribution in [1.82, 2.24) is 25.0 Å². The van der Waals surface area contributed by atoms with E-state index in [4.69, 9.17) is 9.51 Å². The highest BCUT2D eigenvalue weighted by molar-refractivity contribution is 5.62. The third kappa shape index (κ3) is 3.17. The molecule has 1 saturated heterocycles. The first-order chi connectivity index (χ1) is 12.2. The maximum absolute atomic E-state index is 5.28. The Balaban J connectivity index is 1.62. The first kappa shape index (κ1) is 15.9. The van der Waals surface area contributed by atoms with Gasteiger partial charge in [0.25, 0.3) is 0 Å². The summed E-state index contributed by atoms with van der Waals surface area (Å²) in [5.74, 6) is 0.781. The molecule has 3 aromatic heterocycles. The Morgan fingerprint density at radius 2 is 2.00 bits per heavy atom. The van der Waals surface area contributed by atoms with E-state index in [9.17, 15) is 0 Å². The highest BCUT2D eigenvalue weighted by Crippen LogP contribution is 2.33. The molecule has 4 heterocycles. The van der Waals surface area contributed by atoms with E-state index in [1.54, 1.807) is 6.20 Å². The minimum absolute atomic E-state index is 0.293. The number of likely N-dealkylation sites (tertiary alicyclic amines) is 1. The van der Waals surface area contributed by atoms with Crippen molar-refractivity contribution in [1.29, 1.82) is 0 Å². The molecule has 0 bridgehead atoms. The molecule has 6 heteroatoms. The van der Waals surface area contributed by atoms with Gasteiger partial charge in [0.2, 0.25) is 0 Å². The summed E-state index contributed by atoms with van der Waals surface area (Å²) < 4.78 is 5.28. The second-order valence-electron chi connectivity index (χ2n) is 6.51. The summed E-state index contributed by atoms with van der Waals surface area (Å²) in [6.07, 6.45) is 9.64. The van der Waals surface area contributed by atoms with Crippen LogP contribution < -0.4 is 0 Å². The fourth-order valence-corrected chi connectivity index (χ4v) is 3.58. The zero-order valence-electron chi connectivity index (χ0n) is 14.5. The molecule has 25 heavy (non-hydrogen) atoms. The van der Waals surface area contributed by atoms with Crippen LogP contribution in [-0.2, 0) is 6.54 Å². The molecule has 1 fully saturated rings. The molecule has 1 atom stereocenters. The quantitative estimate of drug-likeness (QED) is 0.727. The average Bonchev–Trinajstić information content (AvgIpc) is 3.22. The van der Waals surface area contributed by atoms with Crippen LogP contribution in [-0.4, -0.2) is 31.6 Å². The summed E-state index contributed by atoms with van der Waals surface area (Å²) in [6.45, 7) is 5.83. The lowest BCUT2D eigenvalue weighted by molar-refractivity contribution is 0.244. The van der Waals surface area contributed by atoms with Crippen LogP contribution in [0, 0.1) is 13.8 Å². The predicted molar refractivity (Wildman–Crippen MR) is 93.6 cm³/mol. The number of hydrogen-bond acceptors (Lipinski definition) is 6. The first-order valence-corrected chi connectivity index (χ1v) is 8.60. The summed E-state index contributed by atoms with van der Waals surface area (Å²) in [5, 5.41) is 4.03. The van der Waals surface area contributed by atoms with Gasteiger partial charge in [0, 0.05) is 18.9 Å². The van der Waals surface area contributed by atoms with E-state index >= 15 is 0 Å². The molecule has 3 aromatic rings. The lowest BCUT2D eigenvalue weighted by Crippen LogP contribution is -2.23. The molecule has 0 radical (unpaired) electrons. The van der Waals surface area contributed by atoms with Crippen molar-refractivity contribution in [2.24, 2.45) is 0 Å². The molecule has 128 valence electrons. The summed E-state index contributed by atoms with van der Waals surface area (Å²) in [6, 6.07) is 4.43. The minimum atomic E-state index is 0.293. The molecule has 4 rings (SSSR count). The Morgan fingerprint density at radius 3 is 2.76 bits per heavy atom. The molecule has 0 spiro atoms. The van der Waals surface area contributed by atoms with E-state index in [0.29, 0.717) is 6.04 Å². The van der Waals surface area contributed by atoms with E-state index in [-0.39, 0.29) is 0 Å². The maximum atomic E-state index is 5.28. The van der Waals surface area contributed by atoms with Crippen LogP contribution in [0.15, 0.2) is 41.4 Å². The zero-order chi connectivity index (χ0) is 17.2. The van der Waals surface area contributed by atoms with Gasteiger partial charge in [0.1, 0.15) is 5.76 Å². The lowest BCUT2D eigenvalue weighted by Gasteiger charge is -2.24. The molecular weight excluding hydrogens is 314 g/mol. The van der Waals surface area contributed by atoms with Gasteiger partial charge >= 0.3 is 0 Å². The normalized spacial score (nSPS) is 17.9. The maximum Gasteiger partial charge on any atom is 0.143 e. The van der Waals surface area contributed by atoms with Gasteiger partial charge in [-0.3, -0.25) is 14.9 Å². The second kappa shape index (κ2) is 6.72. The largest absolute Gasteiger partial charge is 0.361 e. The smallest absolute Gasteiger partial charge is 0.143 e. The van der Waals surface area contributed by atoms with E-state index in [1.807, 2.05) is 32.4 Å². The number of aromatic nitrogens is 4.